The fourth-order valence-corrected chi connectivity index (χ4v) is 4.81. The minimum atomic E-state index is -1.19. The van der Waals surface area contributed by atoms with Crippen LogP contribution in [0.4, 0.5) is 0 Å². The number of para-hydroxylation sites is 1. The van der Waals surface area contributed by atoms with Crippen LogP contribution in [0.25, 0.3) is 10.9 Å². The van der Waals surface area contributed by atoms with Crippen molar-refractivity contribution < 1.29 is 23.8 Å². The normalized spacial score (nSPS) is 27.5. The van der Waals surface area contributed by atoms with Crippen molar-refractivity contribution in [3.05, 3.63) is 59.8 Å². The number of hydrogen-bond acceptors (Lipinski definition) is 6. The average molecular weight is 423 g/mol. The first-order valence-electron chi connectivity index (χ1n) is 10.4. The maximum absolute atomic E-state index is 13.9. The third-order valence-electron chi connectivity index (χ3n) is 6.35. The summed E-state index contributed by atoms with van der Waals surface area (Å²) < 4.78 is 16.6. The number of methoxy groups -OCH3 is 1. The highest BCUT2D eigenvalue weighted by Crippen LogP contribution is 2.37. The van der Waals surface area contributed by atoms with Gasteiger partial charge in [-0.3, -0.25) is 15.0 Å². The van der Waals surface area contributed by atoms with Gasteiger partial charge in [-0.05, 0) is 31.1 Å². The number of benzene rings is 1. The van der Waals surface area contributed by atoms with Crippen molar-refractivity contribution >= 4 is 22.8 Å². The Bertz CT molecular complexity index is 1090. The molecule has 1 unspecified atom stereocenters. The standard InChI is InChI=1S/C23H25N3O5/c1-14(22(28)29-2)26(23-10-6-5-9-20(23)30-13-31-23)21(27)18-11-16-15-7-3-4-8-17(15)25-19(16)12-24-18/h3-10,14,18,20,24-25H,11-13H2,1-2H3/t14-,18-,20?,23-/m0/s1. The topological polar surface area (TPSA) is 92.9 Å². The first-order chi connectivity index (χ1) is 15.0. The minimum absolute atomic E-state index is 0.0295. The molecule has 31 heavy (non-hydrogen) atoms. The van der Waals surface area contributed by atoms with E-state index in [1.165, 1.54) is 12.0 Å². The van der Waals surface area contributed by atoms with E-state index in [-0.39, 0.29) is 12.7 Å². The molecule has 4 atom stereocenters. The molecule has 0 radical (unpaired) electrons. The Morgan fingerprint density at radius 2 is 2.13 bits per heavy atom. The zero-order valence-electron chi connectivity index (χ0n) is 17.5. The molecule has 0 bridgehead atoms. The molecule has 8 nitrogen and oxygen atoms in total. The van der Waals surface area contributed by atoms with Crippen LogP contribution >= 0.6 is 0 Å². The second-order valence-electron chi connectivity index (χ2n) is 8.02. The molecule has 1 fully saturated rings. The SMILES string of the molecule is COC(=O)[C@H](C)N(C(=O)[C@@H]1Cc2c([nH]c3ccccc23)CN1)[C@]12C=CC=CC1OCO2. The van der Waals surface area contributed by atoms with Gasteiger partial charge in [0.1, 0.15) is 12.1 Å². The van der Waals surface area contributed by atoms with Crippen LogP contribution in [0.1, 0.15) is 18.2 Å². The van der Waals surface area contributed by atoms with E-state index in [1.54, 1.807) is 13.0 Å². The molecular formula is C23H25N3O5. The predicted octanol–water partition coefficient (Wildman–Crippen LogP) is 1.77. The highest BCUT2D eigenvalue weighted by atomic mass is 16.7. The lowest BCUT2D eigenvalue weighted by Crippen LogP contribution is -2.65. The van der Waals surface area contributed by atoms with Gasteiger partial charge in [0.2, 0.25) is 5.91 Å². The highest BCUT2D eigenvalue weighted by Gasteiger charge is 2.54. The monoisotopic (exact) mass is 423 g/mol. The number of aromatic amines is 1. The number of amides is 1. The van der Waals surface area contributed by atoms with Crippen molar-refractivity contribution in [1.82, 2.24) is 15.2 Å². The third kappa shape index (κ3) is 3.10. The van der Waals surface area contributed by atoms with Gasteiger partial charge < -0.3 is 19.2 Å². The van der Waals surface area contributed by atoms with Crippen LogP contribution in [0.2, 0.25) is 0 Å². The van der Waals surface area contributed by atoms with Gasteiger partial charge in [-0.25, -0.2) is 4.79 Å². The maximum atomic E-state index is 13.9. The number of H-pyrrole nitrogens is 1. The Kier molecular flexibility index (Phi) is 4.92. The number of ether oxygens (including phenoxy) is 3. The summed E-state index contributed by atoms with van der Waals surface area (Å²) in [6.45, 7) is 2.22. The van der Waals surface area contributed by atoms with E-state index < -0.39 is 29.9 Å². The second-order valence-corrected chi connectivity index (χ2v) is 8.02. The fraction of sp³-hybridized carbons (Fsp3) is 0.391. The largest absolute Gasteiger partial charge is 0.467 e. The number of aromatic nitrogens is 1. The average Bonchev–Trinajstić information content (AvgIpc) is 3.39. The van der Waals surface area contributed by atoms with Crippen LogP contribution in [-0.4, -0.2) is 59.6 Å². The number of allylic oxidation sites excluding steroid dienone is 2. The zero-order valence-corrected chi connectivity index (χ0v) is 17.5. The predicted molar refractivity (Wildman–Crippen MR) is 113 cm³/mol. The van der Waals surface area contributed by atoms with Crippen LogP contribution in [0.15, 0.2) is 48.6 Å². The summed E-state index contributed by atoms with van der Waals surface area (Å²) >= 11 is 0. The molecule has 2 aromatic rings. The molecule has 1 aromatic heterocycles. The van der Waals surface area contributed by atoms with Crippen molar-refractivity contribution in [2.45, 2.75) is 43.8 Å². The van der Waals surface area contributed by atoms with Crippen molar-refractivity contribution in [3.8, 4) is 0 Å². The molecule has 1 aromatic carbocycles. The van der Waals surface area contributed by atoms with E-state index in [4.69, 9.17) is 14.2 Å². The Balaban J connectivity index is 1.51. The second kappa shape index (κ2) is 7.64. The zero-order chi connectivity index (χ0) is 21.6. The molecule has 1 aliphatic carbocycles. The summed E-state index contributed by atoms with van der Waals surface area (Å²) in [7, 11) is 1.32. The van der Waals surface area contributed by atoms with Crippen LogP contribution in [0.3, 0.4) is 0 Å². The van der Waals surface area contributed by atoms with Crippen LogP contribution < -0.4 is 5.32 Å². The van der Waals surface area contributed by atoms with Crippen molar-refractivity contribution in [3.63, 3.8) is 0 Å². The molecule has 5 rings (SSSR count). The lowest BCUT2D eigenvalue weighted by atomic mass is 9.93. The number of nitrogens with zero attached hydrogens (tertiary/aromatic N) is 1. The van der Waals surface area contributed by atoms with Gasteiger partial charge in [0.05, 0.1) is 13.2 Å². The molecule has 3 heterocycles. The van der Waals surface area contributed by atoms with E-state index in [9.17, 15) is 9.59 Å². The first-order valence-corrected chi connectivity index (χ1v) is 10.4. The van der Waals surface area contributed by atoms with Gasteiger partial charge in [0.15, 0.2) is 12.5 Å². The summed E-state index contributed by atoms with van der Waals surface area (Å²) in [4.78, 5) is 31.3. The molecule has 0 spiro atoms. The quantitative estimate of drug-likeness (QED) is 0.729. The summed E-state index contributed by atoms with van der Waals surface area (Å²) in [5, 5.41) is 4.44. The van der Waals surface area contributed by atoms with E-state index in [2.05, 4.69) is 16.4 Å². The molecule has 162 valence electrons. The Morgan fingerprint density at radius 1 is 1.29 bits per heavy atom. The fourth-order valence-electron chi connectivity index (χ4n) is 4.81. The smallest absolute Gasteiger partial charge is 0.328 e. The minimum Gasteiger partial charge on any atom is -0.467 e. The molecule has 8 heteroatoms. The Morgan fingerprint density at radius 3 is 2.97 bits per heavy atom. The molecule has 0 saturated carbocycles. The van der Waals surface area contributed by atoms with Crippen LogP contribution in [0.5, 0.6) is 0 Å². The summed E-state index contributed by atoms with van der Waals surface area (Å²) in [6.07, 6.45) is 7.28. The number of carbonyl (C=O) groups excluding carboxylic acids is 2. The van der Waals surface area contributed by atoms with Gasteiger partial charge in [0.25, 0.3) is 0 Å². The van der Waals surface area contributed by atoms with Crippen molar-refractivity contribution in [1.29, 1.82) is 0 Å². The van der Waals surface area contributed by atoms with Gasteiger partial charge in [-0.2, -0.15) is 0 Å². The molecule has 2 N–H and O–H groups in total. The van der Waals surface area contributed by atoms with Crippen LogP contribution in [-0.2, 0) is 36.8 Å². The molecule has 2 aliphatic heterocycles. The van der Waals surface area contributed by atoms with E-state index in [0.29, 0.717) is 13.0 Å². The Labute approximate surface area is 179 Å². The van der Waals surface area contributed by atoms with Crippen molar-refractivity contribution in [2.24, 2.45) is 0 Å². The van der Waals surface area contributed by atoms with Gasteiger partial charge >= 0.3 is 5.97 Å². The lowest BCUT2D eigenvalue weighted by molar-refractivity contribution is -0.174. The molecule has 1 saturated heterocycles. The summed E-state index contributed by atoms with van der Waals surface area (Å²) in [6, 6.07) is 6.70. The maximum Gasteiger partial charge on any atom is 0.328 e. The van der Waals surface area contributed by atoms with E-state index in [0.717, 1.165) is 22.2 Å². The third-order valence-corrected chi connectivity index (χ3v) is 6.35. The lowest BCUT2D eigenvalue weighted by Gasteiger charge is -2.44. The van der Waals surface area contributed by atoms with Gasteiger partial charge in [0, 0.05) is 23.1 Å². The first kappa shape index (κ1) is 20.0. The number of esters is 1. The van der Waals surface area contributed by atoms with Crippen LogP contribution in [0, 0.1) is 0 Å². The molecular weight excluding hydrogens is 398 g/mol. The number of carbonyl (C=O) groups is 2. The molecule has 3 aliphatic rings. The number of hydrogen-bond donors (Lipinski definition) is 2. The number of nitrogens with one attached hydrogen (secondary N) is 2. The summed E-state index contributed by atoms with van der Waals surface area (Å²) in [5.41, 5.74) is 2.06. The number of rotatable bonds is 4. The summed E-state index contributed by atoms with van der Waals surface area (Å²) in [5.74, 6) is -0.743. The number of fused-ring (bicyclic) bond motifs is 4. The van der Waals surface area contributed by atoms with Crippen molar-refractivity contribution in [2.75, 3.05) is 13.9 Å². The van der Waals surface area contributed by atoms with E-state index in [1.807, 2.05) is 36.4 Å². The highest BCUT2D eigenvalue weighted by molar-refractivity contribution is 5.91. The van der Waals surface area contributed by atoms with Gasteiger partial charge in [-0.1, -0.05) is 36.4 Å². The van der Waals surface area contributed by atoms with Gasteiger partial charge in [-0.15, -0.1) is 0 Å². The van der Waals surface area contributed by atoms with E-state index >= 15 is 0 Å². The molecule has 1 amide bonds. The Hall–Kier alpha value is -2.94.